The lowest BCUT2D eigenvalue weighted by molar-refractivity contribution is -0.384. The quantitative estimate of drug-likeness (QED) is 0.677. The molecule has 0 radical (unpaired) electrons. The molecule has 22 heavy (non-hydrogen) atoms. The second-order valence-corrected chi connectivity index (χ2v) is 6.93. The maximum absolute atomic E-state index is 12.4. The Bertz CT molecular complexity index is 619. The molecule has 2 fully saturated rings. The van der Waals surface area contributed by atoms with Crippen LogP contribution in [0.1, 0.15) is 43.0 Å². The summed E-state index contributed by atoms with van der Waals surface area (Å²) in [5, 5.41) is 14.1. The van der Waals surface area contributed by atoms with Crippen LogP contribution in [0.5, 0.6) is 0 Å². The molecule has 2 aliphatic carbocycles. The number of nitrogens with one attached hydrogen (secondary N) is 1. The van der Waals surface area contributed by atoms with Gasteiger partial charge in [-0.15, -0.1) is 0 Å². The number of nitro groups is 1. The van der Waals surface area contributed by atoms with Crippen molar-refractivity contribution in [3.8, 4) is 0 Å². The number of nitro benzene ring substituents is 1. The summed E-state index contributed by atoms with van der Waals surface area (Å²) in [5.74, 6) is 1.71. The number of carbonyl (C=O) groups excluding carboxylic acids is 1. The first-order chi connectivity index (χ1) is 10.5. The van der Waals surface area contributed by atoms with Crippen molar-refractivity contribution < 1.29 is 9.72 Å². The van der Waals surface area contributed by atoms with Crippen molar-refractivity contribution in [2.45, 2.75) is 38.6 Å². The molecule has 1 aromatic carbocycles. The van der Waals surface area contributed by atoms with Crippen LogP contribution >= 0.6 is 11.6 Å². The van der Waals surface area contributed by atoms with Crippen LogP contribution in [0.2, 0.25) is 5.02 Å². The molecule has 2 saturated carbocycles. The number of amides is 1. The molecule has 1 aromatic rings. The first-order valence-corrected chi connectivity index (χ1v) is 8.08. The summed E-state index contributed by atoms with van der Waals surface area (Å²) < 4.78 is 0. The van der Waals surface area contributed by atoms with Gasteiger partial charge in [-0.25, -0.2) is 0 Å². The smallest absolute Gasteiger partial charge is 0.270 e. The summed E-state index contributed by atoms with van der Waals surface area (Å²) in [7, 11) is 0. The van der Waals surface area contributed by atoms with E-state index in [1.807, 2.05) is 6.92 Å². The molecule has 0 heterocycles. The molecule has 0 spiro atoms. The highest BCUT2D eigenvalue weighted by Gasteiger charge is 2.42. The number of hydrogen-bond acceptors (Lipinski definition) is 3. The fourth-order valence-corrected chi connectivity index (χ4v) is 4.30. The van der Waals surface area contributed by atoms with E-state index in [0.29, 0.717) is 11.8 Å². The lowest BCUT2D eigenvalue weighted by atomic mass is 9.84. The van der Waals surface area contributed by atoms with Gasteiger partial charge in [0, 0.05) is 18.2 Å². The summed E-state index contributed by atoms with van der Waals surface area (Å²) >= 11 is 6.02. The molecule has 2 bridgehead atoms. The molecule has 118 valence electrons. The predicted molar refractivity (Wildman–Crippen MR) is 84.0 cm³/mol. The number of nitrogens with zero attached hydrogens (tertiary/aromatic N) is 1. The first-order valence-electron chi connectivity index (χ1n) is 7.70. The molecule has 2 aliphatic rings. The summed E-state index contributed by atoms with van der Waals surface area (Å²) in [5.41, 5.74) is 0.0491. The predicted octanol–water partition coefficient (Wildman–Crippen LogP) is 3.80. The minimum Gasteiger partial charge on any atom is -0.349 e. The molecule has 3 rings (SSSR count). The second-order valence-electron chi connectivity index (χ2n) is 6.52. The Morgan fingerprint density at radius 1 is 1.41 bits per heavy atom. The van der Waals surface area contributed by atoms with Crippen molar-refractivity contribution >= 4 is 23.2 Å². The van der Waals surface area contributed by atoms with E-state index in [1.165, 1.54) is 43.9 Å². The molecule has 0 unspecified atom stereocenters. The Morgan fingerprint density at radius 3 is 2.77 bits per heavy atom. The van der Waals surface area contributed by atoms with Crippen LogP contribution in [0, 0.1) is 27.9 Å². The van der Waals surface area contributed by atoms with Crippen LogP contribution in [-0.2, 0) is 0 Å². The van der Waals surface area contributed by atoms with Gasteiger partial charge in [0.15, 0.2) is 0 Å². The van der Waals surface area contributed by atoms with Crippen molar-refractivity contribution in [3.05, 3.63) is 38.9 Å². The molecule has 6 heteroatoms. The normalized spacial score (nSPS) is 27.6. The first kappa shape index (κ1) is 15.3. The molecule has 1 N–H and O–H groups in total. The maximum atomic E-state index is 12.4. The Morgan fingerprint density at radius 2 is 2.18 bits per heavy atom. The molecule has 0 aromatic heterocycles. The maximum Gasteiger partial charge on any atom is 0.270 e. The van der Waals surface area contributed by atoms with Gasteiger partial charge in [0.1, 0.15) is 0 Å². The lowest BCUT2D eigenvalue weighted by Crippen LogP contribution is -2.40. The Hall–Kier alpha value is -1.62. The minimum atomic E-state index is -0.521. The van der Waals surface area contributed by atoms with E-state index in [-0.39, 0.29) is 28.2 Å². The average Bonchev–Trinajstić information content (AvgIpc) is 3.09. The SMILES string of the molecule is C[C@H](NC(=O)c1cc([N+](=O)[O-])ccc1Cl)[C@H]1C[C@@H]2CC[C@@H]1C2. The van der Waals surface area contributed by atoms with Crippen LogP contribution in [0.25, 0.3) is 0 Å². The summed E-state index contributed by atoms with van der Waals surface area (Å²) in [6.07, 6.45) is 5.03. The van der Waals surface area contributed by atoms with Crippen LogP contribution in [0.3, 0.4) is 0 Å². The van der Waals surface area contributed by atoms with Crippen LogP contribution in [0.4, 0.5) is 5.69 Å². The largest absolute Gasteiger partial charge is 0.349 e. The van der Waals surface area contributed by atoms with E-state index >= 15 is 0 Å². The van der Waals surface area contributed by atoms with Crippen molar-refractivity contribution in [1.29, 1.82) is 0 Å². The van der Waals surface area contributed by atoms with Crippen LogP contribution in [-0.4, -0.2) is 16.9 Å². The van der Waals surface area contributed by atoms with Gasteiger partial charge in [-0.3, -0.25) is 14.9 Å². The van der Waals surface area contributed by atoms with Gasteiger partial charge >= 0.3 is 0 Å². The highest BCUT2D eigenvalue weighted by atomic mass is 35.5. The highest BCUT2D eigenvalue weighted by molar-refractivity contribution is 6.33. The number of hydrogen-bond donors (Lipinski definition) is 1. The van der Waals surface area contributed by atoms with E-state index in [9.17, 15) is 14.9 Å². The number of halogens is 1. The van der Waals surface area contributed by atoms with Crippen LogP contribution in [0.15, 0.2) is 18.2 Å². The molecule has 5 nitrogen and oxygen atoms in total. The van der Waals surface area contributed by atoms with Gasteiger partial charge in [-0.2, -0.15) is 0 Å². The van der Waals surface area contributed by atoms with Crippen molar-refractivity contribution in [3.63, 3.8) is 0 Å². The number of rotatable bonds is 4. The van der Waals surface area contributed by atoms with Gasteiger partial charge in [-0.1, -0.05) is 18.0 Å². The summed E-state index contributed by atoms with van der Waals surface area (Å²) in [6.45, 7) is 2.02. The van der Waals surface area contributed by atoms with Crippen LogP contribution < -0.4 is 5.32 Å². The number of non-ortho nitro benzene ring substituents is 1. The van der Waals surface area contributed by atoms with Gasteiger partial charge < -0.3 is 5.32 Å². The number of benzene rings is 1. The average molecular weight is 323 g/mol. The zero-order valence-electron chi connectivity index (χ0n) is 12.4. The topological polar surface area (TPSA) is 72.2 Å². The molecule has 4 atom stereocenters. The Balaban J connectivity index is 1.71. The molecule has 0 aliphatic heterocycles. The minimum absolute atomic E-state index is 0.0677. The third-order valence-electron chi connectivity index (χ3n) is 5.20. The Labute approximate surface area is 134 Å². The van der Waals surface area contributed by atoms with E-state index in [2.05, 4.69) is 5.32 Å². The third-order valence-corrected chi connectivity index (χ3v) is 5.53. The monoisotopic (exact) mass is 322 g/mol. The molecular formula is C16H19ClN2O3. The number of fused-ring (bicyclic) bond motifs is 2. The van der Waals surface area contributed by atoms with Crippen molar-refractivity contribution in [1.82, 2.24) is 5.32 Å². The summed E-state index contributed by atoms with van der Waals surface area (Å²) in [6, 6.07) is 4.01. The standard InChI is InChI=1S/C16H19ClN2O3/c1-9(13-7-10-2-3-11(13)6-10)18-16(20)14-8-12(19(21)22)4-5-15(14)17/h4-5,8-11,13H,2-3,6-7H2,1H3,(H,18,20)/t9-,10+,11+,13+/m0/s1. The van der Waals surface area contributed by atoms with Crippen molar-refractivity contribution in [2.75, 3.05) is 0 Å². The zero-order chi connectivity index (χ0) is 15.9. The zero-order valence-corrected chi connectivity index (χ0v) is 13.2. The summed E-state index contributed by atoms with van der Waals surface area (Å²) in [4.78, 5) is 22.7. The van der Waals surface area contributed by atoms with Gasteiger partial charge in [0.05, 0.1) is 15.5 Å². The molecule has 0 saturated heterocycles. The molecule has 1 amide bonds. The third kappa shape index (κ3) is 2.82. The van der Waals surface area contributed by atoms with E-state index in [4.69, 9.17) is 11.6 Å². The van der Waals surface area contributed by atoms with Gasteiger partial charge in [0.2, 0.25) is 0 Å². The van der Waals surface area contributed by atoms with Gasteiger partial charge in [-0.05, 0) is 50.0 Å². The van der Waals surface area contributed by atoms with E-state index in [1.54, 1.807) is 0 Å². The van der Waals surface area contributed by atoms with E-state index < -0.39 is 4.92 Å². The highest BCUT2D eigenvalue weighted by Crippen LogP contribution is 2.49. The fraction of sp³-hybridized carbons (Fsp3) is 0.562. The second kappa shape index (κ2) is 5.88. The lowest BCUT2D eigenvalue weighted by Gasteiger charge is -2.28. The van der Waals surface area contributed by atoms with Gasteiger partial charge in [0.25, 0.3) is 11.6 Å². The number of carbonyl (C=O) groups is 1. The Kier molecular flexibility index (Phi) is 4.08. The molecular weight excluding hydrogens is 304 g/mol. The van der Waals surface area contributed by atoms with E-state index in [0.717, 1.165) is 5.92 Å². The fourth-order valence-electron chi connectivity index (χ4n) is 4.10. The van der Waals surface area contributed by atoms with Crippen molar-refractivity contribution in [2.24, 2.45) is 17.8 Å².